The number of rotatable bonds is 5. The summed E-state index contributed by atoms with van der Waals surface area (Å²) in [4.78, 5) is -0.0512. The molecule has 0 atom stereocenters. The van der Waals surface area contributed by atoms with Crippen LogP contribution in [0.15, 0.2) is 41.3 Å². The molecule has 1 N–H and O–H groups in total. The Bertz CT molecular complexity index is 795. The van der Waals surface area contributed by atoms with Gasteiger partial charge in [0.05, 0.1) is 29.8 Å². The van der Waals surface area contributed by atoms with Crippen LogP contribution in [0, 0.1) is 5.82 Å². The van der Waals surface area contributed by atoms with Crippen LogP contribution in [0.2, 0.25) is 5.02 Å². The predicted octanol–water partition coefficient (Wildman–Crippen LogP) is 3.30. The van der Waals surface area contributed by atoms with Crippen LogP contribution < -0.4 is 14.2 Å². The highest BCUT2D eigenvalue weighted by Gasteiger charge is 2.18. The van der Waals surface area contributed by atoms with E-state index >= 15 is 0 Å². The summed E-state index contributed by atoms with van der Waals surface area (Å²) in [5.41, 5.74) is 0.121. The second kappa shape index (κ2) is 6.41. The summed E-state index contributed by atoms with van der Waals surface area (Å²) < 4.78 is 50.1. The number of nitrogens with one attached hydrogen (secondary N) is 1. The Morgan fingerprint density at radius 3 is 2.32 bits per heavy atom. The van der Waals surface area contributed by atoms with Gasteiger partial charge >= 0.3 is 0 Å². The minimum absolute atomic E-state index is 0.0512. The molecule has 118 valence electrons. The van der Waals surface area contributed by atoms with E-state index in [1.807, 2.05) is 0 Å². The lowest BCUT2D eigenvalue weighted by Gasteiger charge is -2.12. The summed E-state index contributed by atoms with van der Waals surface area (Å²) in [6.45, 7) is 0. The van der Waals surface area contributed by atoms with Crippen molar-refractivity contribution in [3.05, 3.63) is 47.2 Å². The molecular formula is C14H13ClFNO4S. The topological polar surface area (TPSA) is 64.6 Å². The lowest BCUT2D eigenvalue weighted by Crippen LogP contribution is -2.13. The van der Waals surface area contributed by atoms with Crippen LogP contribution in [0.3, 0.4) is 0 Å². The van der Waals surface area contributed by atoms with Crippen LogP contribution in [-0.4, -0.2) is 22.6 Å². The van der Waals surface area contributed by atoms with E-state index in [1.165, 1.54) is 38.5 Å². The zero-order valence-corrected chi connectivity index (χ0v) is 13.3. The largest absolute Gasteiger partial charge is 0.495 e. The van der Waals surface area contributed by atoms with Gasteiger partial charge in [0.25, 0.3) is 10.0 Å². The van der Waals surface area contributed by atoms with Crippen molar-refractivity contribution in [3.8, 4) is 11.5 Å². The third-order valence-corrected chi connectivity index (χ3v) is 4.50. The van der Waals surface area contributed by atoms with E-state index in [4.69, 9.17) is 21.1 Å². The van der Waals surface area contributed by atoms with Crippen molar-refractivity contribution in [2.45, 2.75) is 4.90 Å². The predicted molar refractivity (Wildman–Crippen MR) is 81.8 cm³/mol. The van der Waals surface area contributed by atoms with Crippen molar-refractivity contribution in [2.24, 2.45) is 0 Å². The Morgan fingerprint density at radius 1 is 1.05 bits per heavy atom. The molecule has 5 nitrogen and oxygen atoms in total. The smallest absolute Gasteiger partial charge is 0.262 e. The quantitative estimate of drug-likeness (QED) is 0.903. The second-order valence-corrected chi connectivity index (χ2v) is 6.34. The monoisotopic (exact) mass is 345 g/mol. The minimum atomic E-state index is -3.90. The van der Waals surface area contributed by atoms with Gasteiger partial charge in [-0.3, -0.25) is 4.72 Å². The molecule has 0 spiro atoms. The first-order valence-corrected chi connectivity index (χ1v) is 7.93. The maximum absolute atomic E-state index is 13.1. The van der Waals surface area contributed by atoms with Crippen molar-refractivity contribution < 1.29 is 22.3 Å². The average molecular weight is 346 g/mol. The van der Waals surface area contributed by atoms with Gasteiger partial charge < -0.3 is 9.47 Å². The third kappa shape index (κ3) is 3.42. The summed E-state index contributed by atoms with van der Waals surface area (Å²) in [7, 11) is -1.15. The van der Waals surface area contributed by atoms with Crippen LogP contribution in [0.4, 0.5) is 10.1 Å². The molecule has 0 fully saturated rings. The maximum atomic E-state index is 13.1. The highest BCUT2D eigenvalue weighted by molar-refractivity contribution is 7.92. The lowest BCUT2D eigenvalue weighted by molar-refractivity contribution is 0.413. The van der Waals surface area contributed by atoms with Gasteiger partial charge in [-0.1, -0.05) is 11.6 Å². The number of ether oxygens (including phenoxy) is 2. The van der Waals surface area contributed by atoms with Gasteiger partial charge in [0, 0.05) is 6.07 Å². The van der Waals surface area contributed by atoms with Crippen molar-refractivity contribution in [1.82, 2.24) is 0 Å². The van der Waals surface area contributed by atoms with Crippen LogP contribution >= 0.6 is 11.6 Å². The fourth-order valence-corrected chi connectivity index (χ4v) is 3.19. The van der Waals surface area contributed by atoms with E-state index < -0.39 is 15.8 Å². The van der Waals surface area contributed by atoms with E-state index in [1.54, 1.807) is 0 Å². The molecule has 0 saturated carbocycles. The summed E-state index contributed by atoms with van der Waals surface area (Å²) in [6, 6.07) is 7.54. The maximum Gasteiger partial charge on any atom is 0.262 e. The highest BCUT2D eigenvalue weighted by Crippen LogP contribution is 2.30. The lowest BCUT2D eigenvalue weighted by atomic mass is 10.3. The van der Waals surface area contributed by atoms with Gasteiger partial charge in [0.1, 0.15) is 17.3 Å². The van der Waals surface area contributed by atoms with E-state index in [0.717, 1.165) is 12.1 Å². The molecule has 0 aliphatic rings. The van der Waals surface area contributed by atoms with E-state index in [2.05, 4.69) is 4.72 Å². The molecule has 0 aliphatic heterocycles. The Morgan fingerprint density at radius 2 is 1.73 bits per heavy atom. The standard InChI is InChI=1S/C14H13ClFNO4S/c1-20-13-6-4-10(8-11(13)15)22(18,19)17-12-5-3-9(16)7-14(12)21-2/h3-8,17H,1-2H3. The van der Waals surface area contributed by atoms with E-state index in [9.17, 15) is 12.8 Å². The number of anilines is 1. The van der Waals surface area contributed by atoms with Gasteiger partial charge in [-0.05, 0) is 30.3 Å². The first kappa shape index (κ1) is 16.4. The first-order valence-electron chi connectivity index (χ1n) is 6.07. The summed E-state index contributed by atoms with van der Waals surface area (Å²) in [5, 5.41) is 0.163. The van der Waals surface area contributed by atoms with Gasteiger partial charge in [0.15, 0.2) is 0 Å². The molecule has 0 bridgehead atoms. The molecule has 22 heavy (non-hydrogen) atoms. The number of benzene rings is 2. The average Bonchev–Trinajstić information content (AvgIpc) is 2.48. The molecule has 0 unspecified atom stereocenters. The third-order valence-electron chi connectivity index (χ3n) is 2.84. The van der Waals surface area contributed by atoms with Gasteiger partial charge in [-0.2, -0.15) is 0 Å². The molecule has 0 aromatic heterocycles. The number of halogens is 2. The zero-order valence-electron chi connectivity index (χ0n) is 11.8. The summed E-state index contributed by atoms with van der Waals surface area (Å²) in [5.74, 6) is -0.101. The Balaban J connectivity index is 2.38. The fourth-order valence-electron chi connectivity index (χ4n) is 1.77. The van der Waals surface area contributed by atoms with Gasteiger partial charge in [0.2, 0.25) is 0 Å². The molecule has 2 aromatic carbocycles. The molecule has 2 aromatic rings. The van der Waals surface area contributed by atoms with Crippen molar-refractivity contribution in [1.29, 1.82) is 0 Å². The van der Waals surface area contributed by atoms with Crippen molar-refractivity contribution in [2.75, 3.05) is 18.9 Å². The van der Waals surface area contributed by atoms with Crippen LogP contribution in [0.5, 0.6) is 11.5 Å². The van der Waals surface area contributed by atoms with Crippen molar-refractivity contribution in [3.63, 3.8) is 0 Å². The van der Waals surface area contributed by atoms with Crippen LogP contribution in [0.25, 0.3) is 0 Å². The van der Waals surface area contributed by atoms with Crippen molar-refractivity contribution >= 4 is 27.3 Å². The normalized spacial score (nSPS) is 11.1. The van der Waals surface area contributed by atoms with Crippen LogP contribution in [0.1, 0.15) is 0 Å². The molecule has 0 amide bonds. The summed E-state index contributed by atoms with van der Waals surface area (Å²) >= 11 is 5.93. The van der Waals surface area contributed by atoms with E-state index in [0.29, 0.717) is 5.75 Å². The zero-order chi connectivity index (χ0) is 16.3. The molecular weight excluding hydrogens is 333 g/mol. The highest BCUT2D eigenvalue weighted by atomic mass is 35.5. The van der Waals surface area contributed by atoms with Gasteiger partial charge in [-0.15, -0.1) is 0 Å². The van der Waals surface area contributed by atoms with Gasteiger partial charge in [-0.25, -0.2) is 12.8 Å². The summed E-state index contributed by atoms with van der Waals surface area (Å²) in [6.07, 6.45) is 0. The first-order chi connectivity index (χ1) is 10.4. The SMILES string of the molecule is COc1ccc(S(=O)(=O)Nc2ccc(F)cc2OC)cc1Cl. The van der Waals surface area contributed by atoms with E-state index in [-0.39, 0.29) is 21.4 Å². The second-order valence-electron chi connectivity index (χ2n) is 4.25. The minimum Gasteiger partial charge on any atom is -0.495 e. The Hall–Kier alpha value is -1.99. The molecule has 0 heterocycles. The molecule has 0 saturated heterocycles. The molecule has 2 rings (SSSR count). The number of sulfonamides is 1. The fraction of sp³-hybridized carbons (Fsp3) is 0.143. The number of methoxy groups -OCH3 is 2. The van der Waals surface area contributed by atoms with Crippen LogP contribution in [-0.2, 0) is 10.0 Å². The molecule has 0 aliphatic carbocycles. The molecule has 8 heteroatoms. The Labute approximate surface area is 132 Å². The number of hydrogen-bond donors (Lipinski definition) is 1. The molecule has 0 radical (unpaired) electrons. The number of hydrogen-bond acceptors (Lipinski definition) is 4. The Kier molecular flexibility index (Phi) is 4.77.